The van der Waals surface area contributed by atoms with Crippen molar-refractivity contribution in [3.63, 3.8) is 0 Å². The smallest absolute Gasteiger partial charge is 0.380 e. The average molecular weight is 491 g/mol. The van der Waals surface area contributed by atoms with E-state index in [0.29, 0.717) is 17.8 Å². The number of benzene rings is 2. The molecule has 0 radical (unpaired) electrons. The number of hydrogen-bond acceptors (Lipinski definition) is 5. The Balaban J connectivity index is 1.82. The van der Waals surface area contributed by atoms with Crippen LogP contribution in [0.2, 0.25) is 0 Å². The second-order valence-corrected chi connectivity index (χ2v) is 9.37. The molecule has 0 aromatic heterocycles. The summed E-state index contributed by atoms with van der Waals surface area (Å²) in [7, 11) is 0. The lowest BCUT2D eigenvalue weighted by Crippen LogP contribution is -2.35. The summed E-state index contributed by atoms with van der Waals surface area (Å²) in [6.45, 7) is 6.83. The van der Waals surface area contributed by atoms with E-state index >= 15 is 0 Å². The van der Waals surface area contributed by atoms with E-state index < -0.39 is 18.9 Å². The maximum atomic E-state index is 12.6. The van der Waals surface area contributed by atoms with Crippen molar-refractivity contribution in [2.24, 2.45) is 5.73 Å². The van der Waals surface area contributed by atoms with Gasteiger partial charge in [-0.3, -0.25) is 4.90 Å². The number of hydrogen-bond donors (Lipinski definition) is 4. The number of likely N-dealkylation sites (tertiary alicyclic amines) is 1. The SMILES string of the molecule is C/C(NCC(F)(F)F)=C(/CN)[C@@H](C)NCc1cc(-c2ccc(C)cc2)cc(C(O)N2CCCC2)c1. The van der Waals surface area contributed by atoms with Gasteiger partial charge in [0.1, 0.15) is 12.8 Å². The second kappa shape index (κ2) is 12.0. The summed E-state index contributed by atoms with van der Waals surface area (Å²) < 4.78 is 37.8. The van der Waals surface area contributed by atoms with E-state index in [1.54, 1.807) is 6.92 Å². The molecule has 1 aliphatic rings. The topological polar surface area (TPSA) is 73.5 Å². The predicted molar refractivity (Wildman–Crippen MR) is 134 cm³/mol. The molecule has 2 aromatic rings. The summed E-state index contributed by atoms with van der Waals surface area (Å²) >= 11 is 0. The number of nitrogens with one attached hydrogen (secondary N) is 2. The van der Waals surface area contributed by atoms with Gasteiger partial charge in [-0.05, 0) is 73.6 Å². The molecule has 192 valence electrons. The molecule has 1 unspecified atom stereocenters. The summed E-state index contributed by atoms with van der Waals surface area (Å²) in [6.07, 6.45) is -2.80. The Bertz CT molecular complexity index is 998. The zero-order valence-corrected chi connectivity index (χ0v) is 20.8. The molecule has 1 fully saturated rings. The van der Waals surface area contributed by atoms with E-state index in [2.05, 4.69) is 45.9 Å². The highest BCUT2D eigenvalue weighted by Gasteiger charge is 2.27. The van der Waals surface area contributed by atoms with Crippen LogP contribution in [0.25, 0.3) is 11.1 Å². The normalized spacial score (nSPS) is 17.3. The van der Waals surface area contributed by atoms with E-state index in [9.17, 15) is 18.3 Å². The van der Waals surface area contributed by atoms with Crippen molar-refractivity contribution in [2.75, 3.05) is 26.2 Å². The number of aliphatic hydroxyl groups is 1. The molecule has 1 heterocycles. The molecule has 5 N–H and O–H groups in total. The molecule has 2 aromatic carbocycles. The van der Waals surface area contributed by atoms with Crippen molar-refractivity contribution < 1.29 is 18.3 Å². The van der Waals surface area contributed by atoms with Crippen molar-refractivity contribution >= 4 is 0 Å². The van der Waals surface area contributed by atoms with Gasteiger partial charge in [-0.15, -0.1) is 0 Å². The quantitative estimate of drug-likeness (QED) is 0.392. The number of alkyl halides is 3. The first kappa shape index (κ1) is 27.2. The van der Waals surface area contributed by atoms with Crippen LogP contribution in [0.1, 0.15) is 49.6 Å². The van der Waals surface area contributed by atoms with E-state index in [1.807, 2.05) is 26.0 Å². The summed E-state index contributed by atoms with van der Waals surface area (Å²) in [5.74, 6) is 0. The molecule has 0 saturated carbocycles. The Morgan fingerprint density at radius 2 is 1.74 bits per heavy atom. The highest BCUT2D eigenvalue weighted by molar-refractivity contribution is 5.65. The van der Waals surface area contributed by atoms with Gasteiger partial charge in [0.25, 0.3) is 0 Å². The zero-order valence-electron chi connectivity index (χ0n) is 20.8. The molecular formula is C27H37F3N4O. The van der Waals surface area contributed by atoms with E-state index in [1.165, 1.54) is 5.56 Å². The van der Waals surface area contributed by atoms with Crippen molar-refractivity contribution in [3.8, 4) is 11.1 Å². The van der Waals surface area contributed by atoms with Gasteiger partial charge < -0.3 is 21.5 Å². The minimum atomic E-state index is -4.29. The maximum absolute atomic E-state index is 12.6. The highest BCUT2D eigenvalue weighted by atomic mass is 19.4. The summed E-state index contributed by atoms with van der Waals surface area (Å²) in [6, 6.07) is 14.2. The van der Waals surface area contributed by atoms with Gasteiger partial charge in [0.2, 0.25) is 0 Å². The summed E-state index contributed by atoms with van der Waals surface area (Å²) in [5, 5.41) is 16.9. The summed E-state index contributed by atoms with van der Waals surface area (Å²) in [4.78, 5) is 2.08. The van der Waals surface area contributed by atoms with Gasteiger partial charge in [0.05, 0.1) is 0 Å². The van der Waals surface area contributed by atoms with Crippen molar-refractivity contribution in [3.05, 3.63) is 70.4 Å². The van der Waals surface area contributed by atoms with Gasteiger partial charge in [-0.2, -0.15) is 13.2 Å². The molecule has 0 aliphatic carbocycles. The fourth-order valence-corrected chi connectivity index (χ4v) is 4.47. The molecule has 8 heteroatoms. The van der Waals surface area contributed by atoms with Crippen LogP contribution in [0.4, 0.5) is 13.2 Å². The third kappa shape index (κ3) is 7.80. The third-order valence-corrected chi connectivity index (χ3v) is 6.58. The number of aryl methyl sites for hydroxylation is 1. The predicted octanol–water partition coefficient (Wildman–Crippen LogP) is 4.61. The van der Waals surface area contributed by atoms with Gasteiger partial charge in [-0.25, -0.2) is 0 Å². The van der Waals surface area contributed by atoms with Crippen molar-refractivity contribution in [2.45, 2.75) is 58.6 Å². The minimum absolute atomic E-state index is 0.146. The van der Waals surface area contributed by atoms with Crippen molar-refractivity contribution in [1.29, 1.82) is 0 Å². The Hall–Kier alpha value is -2.39. The van der Waals surface area contributed by atoms with E-state index in [-0.39, 0.29) is 12.6 Å². The van der Waals surface area contributed by atoms with Crippen LogP contribution in [-0.2, 0) is 6.54 Å². The number of rotatable bonds is 10. The lowest BCUT2D eigenvalue weighted by molar-refractivity contribution is -0.123. The largest absolute Gasteiger partial charge is 0.405 e. The summed E-state index contributed by atoms with van der Waals surface area (Å²) in [5.41, 5.74) is 12.1. The van der Waals surface area contributed by atoms with Crippen LogP contribution in [-0.4, -0.2) is 48.4 Å². The van der Waals surface area contributed by atoms with Crippen LogP contribution >= 0.6 is 0 Å². The number of nitrogens with two attached hydrogens (primary N) is 1. The molecule has 0 spiro atoms. The first-order chi connectivity index (χ1) is 16.6. The fourth-order valence-electron chi connectivity index (χ4n) is 4.47. The van der Waals surface area contributed by atoms with Crippen LogP contribution in [0.5, 0.6) is 0 Å². The monoisotopic (exact) mass is 490 g/mol. The standard InChI is InChI=1S/C27H37F3N4O/c1-18-6-8-22(9-7-18)23-12-21(13-24(14-23)26(35)34-10-4-5-11-34)16-32-19(2)25(15-31)20(3)33-17-27(28,29)30/h6-9,12-14,19,26,32-33,35H,4-5,10-11,15-17,31H2,1-3H3/b25-20+/t19-,26?/m1/s1. The van der Waals surface area contributed by atoms with E-state index in [4.69, 9.17) is 5.73 Å². The molecule has 2 atom stereocenters. The van der Waals surface area contributed by atoms with Gasteiger partial charge in [0, 0.05) is 37.9 Å². The molecule has 1 saturated heterocycles. The Kier molecular flexibility index (Phi) is 9.35. The lowest BCUT2D eigenvalue weighted by atomic mass is 9.97. The molecule has 0 bridgehead atoms. The number of aliphatic hydroxyl groups excluding tert-OH is 1. The Labute approximate surface area is 206 Å². The number of allylic oxidation sites excluding steroid dienone is 1. The Morgan fingerprint density at radius 3 is 2.34 bits per heavy atom. The first-order valence-electron chi connectivity index (χ1n) is 12.1. The highest BCUT2D eigenvalue weighted by Crippen LogP contribution is 2.29. The zero-order chi connectivity index (χ0) is 25.6. The molecule has 5 nitrogen and oxygen atoms in total. The van der Waals surface area contributed by atoms with Crippen LogP contribution < -0.4 is 16.4 Å². The van der Waals surface area contributed by atoms with Crippen LogP contribution in [0.15, 0.2) is 53.7 Å². The van der Waals surface area contributed by atoms with Gasteiger partial charge >= 0.3 is 6.18 Å². The first-order valence-corrected chi connectivity index (χ1v) is 12.1. The van der Waals surface area contributed by atoms with Crippen LogP contribution in [0.3, 0.4) is 0 Å². The second-order valence-electron chi connectivity index (χ2n) is 9.37. The molecule has 35 heavy (non-hydrogen) atoms. The number of halogens is 3. The molecular weight excluding hydrogens is 453 g/mol. The Morgan fingerprint density at radius 1 is 1.09 bits per heavy atom. The molecule has 1 aliphatic heterocycles. The lowest BCUT2D eigenvalue weighted by Gasteiger charge is -2.25. The number of nitrogens with zero attached hydrogens (tertiary/aromatic N) is 1. The van der Waals surface area contributed by atoms with Gasteiger partial charge in [-0.1, -0.05) is 35.9 Å². The maximum Gasteiger partial charge on any atom is 0.405 e. The van der Waals surface area contributed by atoms with E-state index in [0.717, 1.165) is 48.2 Å². The molecule has 3 rings (SSSR count). The van der Waals surface area contributed by atoms with Gasteiger partial charge in [0.15, 0.2) is 0 Å². The fraction of sp³-hybridized carbons (Fsp3) is 0.481. The van der Waals surface area contributed by atoms with Crippen molar-refractivity contribution in [1.82, 2.24) is 15.5 Å². The molecule has 0 amide bonds. The van der Waals surface area contributed by atoms with Crippen LogP contribution in [0, 0.1) is 6.92 Å². The third-order valence-electron chi connectivity index (χ3n) is 6.58. The average Bonchev–Trinajstić information content (AvgIpc) is 3.36. The minimum Gasteiger partial charge on any atom is -0.380 e.